The van der Waals surface area contributed by atoms with E-state index in [1.54, 1.807) is 13.2 Å². The van der Waals surface area contributed by atoms with Gasteiger partial charge in [0, 0.05) is 38.3 Å². The molecule has 28 heavy (non-hydrogen) atoms. The molecule has 0 radical (unpaired) electrons. The molecular weight excluding hydrogens is 356 g/mol. The molecular formula is C22H28N2O4. The van der Waals surface area contributed by atoms with E-state index in [0.717, 1.165) is 31.9 Å². The molecule has 0 amide bonds. The molecule has 0 spiro atoms. The van der Waals surface area contributed by atoms with Crippen LogP contribution in [0, 0.1) is 5.92 Å². The Labute approximate surface area is 165 Å². The summed E-state index contributed by atoms with van der Waals surface area (Å²) in [6.07, 6.45) is 3.89. The summed E-state index contributed by atoms with van der Waals surface area (Å²) in [5, 5.41) is 0. The Morgan fingerprint density at radius 1 is 1.04 bits per heavy atom. The number of nitrogens with zero attached hydrogens (tertiary/aromatic N) is 2. The number of hydrogen-bond donors (Lipinski definition) is 0. The van der Waals surface area contributed by atoms with E-state index in [9.17, 15) is 4.79 Å². The van der Waals surface area contributed by atoms with E-state index in [1.807, 2.05) is 12.1 Å². The van der Waals surface area contributed by atoms with Gasteiger partial charge < -0.3 is 13.9 Å². The van der Waals surface area contributed by atoms with Crippen LogP contribution in [0.25, 0.3) is 0 Å². The monoisotopic (exact) mass is 384 g/mol. The topological polar surface area (TPSA) is 55.2 Å². The Kier molecular flexibility index (Phi) is 5.69. The van der Waals surface area contributed by atoms with Crippen molar-refractivity contribution in [3.63, 3.8) is 0 Å². The number of ether oxygens (including phenoxy) is 2. The lowest BCUT2D eigenvalue weighted by atomic mass is 9.95. The van der Waals surface area contributed by atoms with Crippen molar-refractivity contribution < 1.29 is 13.9 Å². The Hall–Kier alpha value is -2.31. The van der Waals surface area contributed by atoms with Crippen molar-refractivity contribution in [1.29, 1.82) is 0 Å². The fourth-order valence-electron chi connectivity index (χ4n) is 4.46. The molecule has 3 saturated heterocycles. The molecule has 6 nitrogen and oxygen atoms in total. The minimum Gasteiger partial charge on any atom is -0.497 e. The van der Waals surface area contributed by atoms with Gasteiger partial charge in [0.25, 0.3) is 0 Å². The lowest BCUT2D eigenvalue weighted by Crippen LogP contribution is -2.43. The van der Waals surface area contributed by atoms with Gasteiger partial charge in [-0.15, -0.1) is 0 Å². The molecule has 1 aromatic heterocycles. The average molecular weight is 384 g/mol. The summed E-state index contributed by atoms with van der Waals surface area (Å²) in [7, 11) is 3.18. The highest BCUT2D eigenvalue weighted by molar-refractivity contribution is 5.27. The average Bonchev–Trinajstić information content (AvgIpc) is 2.99. The largest absolute Gasteiger partial charge is 0.497 e. The molecule has 0 unspecified atom stereocenters. The third-order valence-corrected chi connectivity index (χ3v) is 5.90. The van der Waals surface area contributed by atoms with Crippen molar-refractivity contribution in [3.05, 3.63) is 58.1 Å². The van der Waals surface area contributed by atoms with Crippen molar-refractivity contribution in [2.75, 3.05) is 33.9 Å². The third kappa shape index (κ3) is 4.23. The third-order valence-electron chi connectivity index (χ3n) is 5.90. The van der Waals surface area contributed by atoms with Crippen LogP contribution in [-0.4, -0.2) is 49.7 Å². The number of methoxy groups -OCH3 is 2. The fourth-order valence-corrected chi connectivity index (χ4v) is 4.46. The quantitative estimate of drug-likeness (QED) is 0.763. The fraction of sp³-hybridized carbons (Fsp3) is 0.500. The SMILES string of the molecule is COc1ccc(CN2C[C@@H]3CC[C@H](C2)N(Cc2cc(=O)c(OC)co2)C3)cc1. The molecule has 2 atom stereocenters. The normalized spacial score (nSPS) is 22.8. The summed E-state index contributed by atoms with van der Waals surface area (Å²) in [5.41, 5.74) is 1.19. The van der Waals surface area contributed by atoms with Crippen molar-refractivity contribution >= 4 is 0 Å². The van der Waals surface area contributed by atoms with Crippen LogP contribution in [0.3, 0.4) is 0 Å². The number of rotatable bonds is 6. The van der Waals surface area contributed by atoms with Gasteiger partial charge in [0.2, 0.25) is 11.2 Å². The first-order chi connectivity index (χ1) is 13.6. The van der Waals surface area contributed by atoms with Gasteiger partial charge in [-0.3, -0.25) is 14.6 Å². The summed E-state index contributed by atoms with van der Waals surface area (Å²) in [4.78, 5) is 17.1. The lowest BCUT2D eigenvalue weighted by Gasteiger charge is -2.35. The highest BCUT2D eigenvalue weighted by Crippen LogP contribution is 2.30. The van der Waals surface area contributed by atoms with Crippen LogP contribution >= 0.6 is 0 Å². The Bertz CT molecular complexity index is 848. The number of piperidine rings is 1. The van der Waals surface area contributed by atoms with Crippen LogP contribution in [0.2, 0.25) is 0 Å². The minimum atomic E-state index is -0.120. The molecule has 1 aromatic carbocycles. The summed E-state index contributed by atoms with van der Waals surface area (Å²) in [6.45, 7) is 4.85. The van der Waals surface area contributed by atoms with E-state index < -0.39 is 0 Å². The van der Waals surface area contributed by atoms with Gasteiger partial charge in [-0.1, -0.05) is 12.1 Å². The van der Waals surface area contributed by atoms with Crippen LogP contribution in [0.4, 0.5) is 0 Å². The Morgan fingerprint density at radius 2 is 1.86 bits per heavy atom. The number of fused-ring (bicyclic) bond motifs is 4. The molecule has 5 rings (SSSR count). The second-order valence-corrected chi connectivity index (χ2v) is 7.85. The molecule has 6 heteroatoms. The zero-order chi connectivity index (χ0) is 19.5. The van der Waals surface area contributed by atoms with Gasteiger partial charge in [-0.25, -0.2) is 0 Å². The molecule has 0 saturated carbocycles. The standard InChI is InChI=1S/C22H28N2O4/c1-26-19-7-4-16(5-8-19)10-23-11-17-3-6-18(13-23)24(12-17)14-20-9-21(25)22(27-2)15-28-20/h4-5,7-9,15,17-18H,3,6,10-14H2,1-2H3/t17-,18+/m0/s1. The number of hydrogen-bond acceptors (Lipinski definition) is 6. The molecule has 2 bridgehead atoms. The molecule has 3 aliphatic rings. The number of benzene rings is 1. The van der Waals surface area contributed by atoms with E-state index in [4.69, 9.17) is 13.9 Å². The second-order valence-electron chi connectivity index (χ2n) is 7.85. The van der Waals surface area contributed by atoms with Crippen LogP contribution < -0.4 is 14.9 Å². The summed E-state index contributed by atoms with van der Waals surface area (Å²) < 4.78 is 15.9. The Morgan fingerprint density at radius 3 is 2.57 bits per heavy atom. The predicted octanol–water partition coefficient (Wildman–Crippen LogP) is 2.75. The van der Waals surface area contributed by atoms with Crippen molar-refractivity contribution in [1.82, 2.24) is 9.80 Å². The molecule has 3 aliphatic heterocycles. The van der Waals surface area contributed by atoms with Crippen molar-refractivity contribution in [2.45, 2.75) is 32.0 Å². The predicted molar refractivity (Wildman–Crippen MR) is 107 cm³/mol. The van der Waals surface area contributed by atoms with Gasteiger partial charge in [-0.05, 0) is 36.5 Å². The van der Waals surface area contributed by atoms with E-state index in [2.05, 4.69) is 21.9 Å². The van der Waals surface area contributed by atoms with E-state index in [0.29, 0.717) is 24.3 Å². The van der Waals surface area contributed by atoms with E-state index >= 15 is 0 Å². The second kappa shape index (κ2) is 8.37. The first kappa shape index (κ1) is 19.0. The van der Waals surface area contributed by atoms with Gasteiger partial charge in [0.05, 0.1) is 20.8 Å². The smallest absolute Gasteiger partial charge is 0.227 e. The van der Waals surface area contributed by atoms with Crippen LogP contribution in [0.5, 0.6) is 11.5 Å². The minimum absolute atomic E-state index is 0.120. The maximum atomic E-state index is 12.0. The summed E-state index contributed by atoms with van der Waals surface area (Å²) in [6, 6.07) is 10.4. The van der Waals surface area contributed by atoms with Crippen LogP contribution in [-0.2, 0) is 13.1 Å². The molecule has 150 valence electrons. The Balaban J connectivity index is 1.42. The van der Waals surface area contributed by atoms with E-state index in [1.165, 1.54) is 31.8 Å². The maximum absolute atomic E-state index is 12.0. The highest BCUT2D eigenvalue weighted by Gasteiger charge is 2.35. The summed E-state index contributed by atoms with van der Waals surface area (Å²) in [5.74, 6) is 2.51. The zero-order valence-corrected chi connectivity index (χ0v) is 16.6. The van der Waals surface area contributed by atoms with Gasteiger partial charge >= 0.3 is 0 Å². The van der Waals surface area contributed by atoms with E-state index in [-0.39, 0.29) is 11.2 Å². The first-order valence-corrected chi connectivity index (χ1v) is 9.89. The van der Waals surface area contributed by atoms with Crippen LogP contribution in [0.1, 0.15) is 24.2 Å². The first-order valence-electron chi connectivity index (χ1n) is 9.89. The van der Waals surface area contributed by atoms with Gasteiger partial charge in [0.1, 0.15) is 17.8 Å². The molecule has 3 fully saturated rings. The highest BCUT2D eigenvalue weighted by atomic mass is 16.5. The molecule has 0 N–H and O–H groups in total. The van der Waals surface area contributed by atoms with Gasteiger partial charge in [0.15, 0.2) is 0 Å². The van der Waals surface area contributed by atoms with Crippen LogP contribution in [0.15, 0.2) is 45.8 Å². The summed E-state index contributed by atoms with van der Waals surface area (Å²) >= 11 is 0. The molecule has 4 heterocycles. The van der Waals surface area contributed by atoms with Crippen molar-refractivity contribution in [3.8, 4) is 11.5 Å². The zero-order valence-electron chi connectivity index (χ0n) is 16.6. The molecule has 0 aliphatic carbocycles. The van der Waals surface area contributed by atoms with Crippen molar-refractivity contribution in [2.24, 2.45) is 5.92 Å². The van der Waals surface area contributed by atoms with Gasteiger partial charge in [-0.2, -0.15) is 0 Å². The molecule has 2 aromatic rings. The lowest BCUT2D eigenvalue weighted by molar-refractivity contribution is 0.113. The maximum Gasteiger partial charge on any atom is 0.227 e.